The van der Waals surface area contributed by atoms with Crippen molar-refractivity contribution in [2.75, 3.05) is 5.32 Å². The highest BCUT2D eigenvalue weighted by Crippen LogP contribution is 2.15. The van der Waals surface area contributed by atoms with Crippen molar-refractivity contribution in [2.45, 2.75) is 38.1 Å². The molecule has 0 aromatic heterocycles. The summed E-state index contributed by atoms with van der Waals surface area (Å²) in [6.07, 6.45) is 1.56. The van der Waals surface area contributed by atoms with Crippen LogP contribution in [-0.4, -0.2) is 20.2 Å². The van der Waals surface area contributed by atoms with Crippen molar-refractivity contribution >= 4 is 27.5 Å². The van der Waals surface area contributed by atoms with Crippen LogP contribution >= 0.6 is 0 Å². The van der Waals surface area contributed by atoms with Gasteiger partial charge in [-0.3, -0.25) is 9.59 Å². The van der Waals surface area contributed by atoms with Crippen molar-refractivity contribution in [1.82, 2.24) is 5.32 Å². The van der Waals surface area contributed by atoms with Gasteiger partial charge >= 0.3 is 0 Å². The van der Waals surface area contributed by atoms with Gasteiger partial charge < -0.3 is 10.6 Å². The van der Waals surface area contributed by atoms with Gasteiger partial charge in [0.05, 0.1) is 4.90 Å². The summed E-state index contributed by atoms with van der Waals surface area (Å²) in [7, 11) is -3.73. The summed E-state index contributed by atoms with van der Waals surface area (Å²) >= 11 is 0. The van der Waals surface area contributed by atoms with E-state index in [0.29, 0.717) is 11.3 Å². The van der Waals surface area contributed by atoms with Crippen molar-refractivity contribution in [1.29, 1.82) is 0 Å². The molecule has 0 atom stereocenters. The minimum Gasteiger partial charge on any atom is -0.348 e. The summed E-state index contributed by atoms with van der Waals surface area (Å²) in [5, 5.41) is 10.7. The highest BCUT2D eigenvalue weighted by molar-refractivity contribution is 7.89. The van der Waals surface area contributed by atoms with Crippen LogP contribution in [0.2, 0.25) is 0 Å². The van der Waals surface area contributed by atoms with Crippen LogP contribution in [-0.2, 0) is 21.4 Å². The van der Waals surface area contributed by atoms with E-state index in [2.05, 4.69) is 10.6 Å². The van der Waals surface area contributed by atoms with Gasteiger partial charge in [-0.15, -0.1) is 0 Å². The van der Waals surface area contributed by atoms with E-state index in [9.17, 15) is 18.0 Å². The maximum Gasteiger partial charge on any atom is 0.251 e. The lowest BCUT2D eigenvalue weighted by Gasteiger charge is -2.13. The second kappa shape index (κ2) is 9.48. The molecule has 0 aliphatic heterocycles. The van der Waals surface area contributed by atoms with Crippen molar-refractivity contribution in [3.8, 4) is 0 Å². The van der Waals surface area contributed by atoms with Gasteiger partial charge in [0.15, 0.2) is 0 Å². The zero-order chi connectivity index (χ0) is 20.7. The van der Waals surface area contributed by atoms with Crippen LogP contribution in [0.4, 0.5) is 5.69 Å². The number of benzene rings is 2. The van der Waals surface area contributed by atoms with Crippen LogP contribution < -0.4 is 15.8 Å². The van der Waals surface area contributed by atoms with Crippen LogP contribution in [0.3, 0.4) is 0 Å². The first-order chi connectivity index (χ1) is 13.2. The van der Waals surface area contributed by atoms with E-state index >= 15 is 0 Å². The molecule has 8 heteroatoms. The van der Waals surface area contributed by atoms with Gasteiger partial charge in [0.2, 0.25) is 15.9 Å². The normalized spacial score (nSPS) is 11.3. The Balaban J connectivity index is 1.93. The predicted octanol–water partition coefficient (Wildman–Crippen LogP) is 2.64. The molecule has 0 fully saturated rings. The van der Waals surface area contributed by atoms with Crippen LogP contribution in [0.25, 0.3) is 0 Å². The number of amides is 2. The Labute approximate surface area is 165 Å². The number of primary sulfonamides is 1. The maximum atomic E-state index is 12.3. The lowest BCUT2D eigenvalue weighted by atomic mass is 10.0. The molecule has 2 amide bonds. The van der Waals surface area contributed by atoms with Gasteiger partial charge in [-0.25, -0.2) is 13.6 Å². The molecule has 0 aliphatic rings. The zero-order valence-corrected chi connectivity index (χ0v) is 16.8. The Morgan fingerprint density at radius 1 is 0.964 bits per heavy atom. The molecule has 0 saturated heterocycles. The third-order valence-corrected chi connectivity index (χ3v) is 5.41. The molecule has 0 spiro atoms. The van der Waals surface area contributed by atoms with E-state index in [-0.39, 0.29) is 29.2 Å². The molecular weight excluding hydrogens is 378 g/mol. The van der Waals surface area contributed by atoms with Crippen LogP contribution in [0, 0.1) is 5.92 Å². The number of carbonyl (C=O) groups excluding carboxylic acids is 2. The highest BCUT2D eigenvalue weighted by atomic mass is 32.2. The van der Waals surface area contributed by atoms with Crippen molar-refractivity contribution in [2.24, 2.45) is 11.1 Å². The van der Waals surface area contributed by atoms with E-state index in [1.165, 1.54) is 12.1 Å². The molecule has 0 aliphatic carbocycles. The predicted molar refractivity (Wildman–Crippen MR) is 108 cm³/mol. The van der Waals surface area contributed by atoms with Gasteiger partial charge in [0.1, 0.15) is 0 Å². The molecule has 150 valence electrons. The molecule has 2 aromatic carbocycles. The first-order valence-electron chi connectivity index (χ1n) is 9.05. The van der Waals surface area contributed by atoms with Gasteiger partial charge in [0, 0.05) is 23.7 Å². The summed E-state index contributed by atoms with van der Waals surface area (Å²) in [5.74, 6) is -0.317. The standard InChI is InChI=1S/C20H25N3O4S/c1-3-15(4-2)20(25)23-17-9-7-16(8-10-17)19(24)22-13-14-5-11-18(12-6-14)28(21,26)27/h5-12,15H,3-4,13H2,1-2H3,(H,22,24)(H,23,25)(H2,21,26,27). The molecule has 0 heterocycles. The topological polar surface area (TPSA) is 118 Å². The Kier molecular flexibility index (Phi) is 7.31. The SMILES string of the molecule is CCC(CC)C(=O)Nc1ccc(C(=O)NCc2ccc(S(N)(=O)=O)cc2)cc1. The van der Waals surface area contributed by atoms with Gasteiger partial charge in [-0.05, 0) is 54.8 Å². The molecule has 0 radical (unpaired) electrons. The second-order valence-electron chi connectivity index (χ2n) is 6.45. The number of nitrogens with one attached hydrogen (secondary N) is 2. The smallest absolute Gasteiger partial charge is 0.251 e. The second-order valence-corrected chi connectivity index (χ2v) is 8.01. The third-order valence-electron chi connectivity index (χ3n) is 4.48. The fraction of sp³-hybridized carbons (Fsp3) is 0.300. The minimum absolute atomic E-state index is 0.0218. The monoisotopic (exact) mass is 403 g/mol. The molecule has 0 bridgehead atoms. The van der Waals surface area contributed by atoms with Crippen molar-refractivity contribution in [3.63, 3.8) is 0 Å². The van der Waals surface area contributed by atoms with E-state index in [0.717, 1.165) is 18.4 Å². The Hall–Kier alpha value is -2.71. The Morgan fingerprint density at radius 3 is 2.04 bits per heavy atom. The first-order valence-corrected chi connectivity index (χ1v) is 10.6. The Morgan fingerprint density at radius 2 is 1.54 bits per heavy atom. The minimum atomic E-state index is -3.73. The lowest BCUT2D eigenvalue weighted by Crippen LogP contribution is -2.23. The first kappa shape index (κ1) is 21.6. The summed E-state index contributed by atoms with van der Waals surface area (Å²) in [4.78, 5) is 24.4. The van der Waals surface area contributed by atoms with Crippen LogP contribution in [0.1, 0.15) is 42.6 Å². The van der Waals surface area contributed by atoms with Gasteiger partial charge in [0.25, 0.3) is 5.91 Å². The van der Waals surface area contributed by atoms with Gasteiger partial charge in [-0.2, -0.15) is 0 Å². The van der Waals surface area contributed by atoms with Crippen molar-refractivity contribution in [3.05, 3.63) is 59.7 Å². The number of rotatable bonds is 8. The fourth-order valence-electron chi connectivity index (χ4n) is 2.69. The molecule has 0 saturated carbocycles. The lowest BCUT2D eigenvalue weighted by molar-refractivity contribution is -0.120. The zero-order valence-electron chi connectivity index (χ0n) is 15.9. The summed E-state index contributed by atoms with van der Waals surface area (Å²) in [5.41, 5.74) is 1.85. The van der Waals surface area contributed by atoms with Crippen LogP contribution in [0.5, 0.6) is 0 Å². The third kappa shape index (κ3) is 5.90. The van der Waals surface area contributed by atoms with E-state index in [4.69, 9.17) is 5.14 Å². The van der Waals surface area contributed by atoms with E-state index < -0.39 is 10.0 Å². The van der Waals surface area contributed by atoms with Gasteiger partial charge in [-0.1, -0.05) is 26.0 Å². The number of anilines is 1. The number of carbonyl (C=O) groups is 2. The maximum absolute atomic E-state index is 12.3. The largest absolute Gasteiger partial charge is 0.348 e. The quantitative estimate of drug-likeness (QED) is 0.628. The highest BCUT2D eigenvalue weighted by Gasteiger charge is 2.14. The van der Waals surface area contributed by atoms with Crippen molar-refractivity contribution < 1.29 is 18.0 Å². The molecule has 0 unspecified atom stereocenters. The van der Waals surface area contributed by atoms with E-state index in [1.54, 1.807) is 36.4 Å². The molecule has 4 N–H and O–H groups in total. The average molecular weight is 404 g/mol. The fourth-order valence-corrected chi connectivity index (χ4v) is 3.21. The number of hydrogen-bond donors (Lipinski definition) is 3. The van der Waals surface area contributed by atoms with Crippen LogP contribution in [0.15, 0.2) is 53.4 Å². The number of sulfonamides is 1. The molecule has 7 nitrogen and oxygen atoms in total. The molecular formula is C20H25N3O4S. The molecule has 28 heavy (non-hydrogen) atoms. The van der Waals surface area contributed by atoms with E-state index in [1.807, 2.05) is 13.8 Å². The summed E-state index contributed by atoms with van der Waals surface area (Å²) in [6.45, 7) is 4.20. The average Bonchev–Trinajstić information content (AvgIpc) is 2.67. The summed E-state index contributed by atoms with van der Waals surface area (Å²) in [6, 6.07) is 12.6. The number of nitrogens with two attached hydrogens (primary N) is 1. The Bertz CT molecular complexity index is 919. The number of hydrogen-bond acceptors (Lipinski definition) is 4. The summed E-state index contributed by atoms with van der Waals surface area (Å²) < 4.78 is 22.5. The molecule has 2 rings (SSSR count). The molecule has 2 aromatic rings.